The molecule has 0 aliphatic heterocycles. The van der Waals surface area contributed by atoms with Crippen LogP contribution in [0.3, 0.4) is 0 Å². The summed E-state index contributed by atoms with van der Waals surface area (Å²) in [5.74, 6) is 0.874. The molecule has 0 atom stereocenters. The number of carbonyl (C=O) groups is 1. The SMILES string of the molecule is CCOc1ccc(C(=O)Nc2nc(-c3ccncc3)cs2)cc1OC. The minimum Gasteiger partial charge on any atom is -0.493 e. The second-order valence-corrected chi connectivity index (χ2v) is 5.88. The van der Waals surface area contributed by atoms with Gasteiger partial charge in [0.15, 0.2) is 16.6 Å². The number of anilines is 1. The lowest BCUT2D eigenvalue weighted by atomic mass is 10.2. The van der Waals surface area contributed by atoms with Gasteiger partial charge in [-0.15, -0.1) is 11.3 Å². The van der Waals surface area contributed by atoms with Crippen molar-refractivity contribution in [2.24, 2.45) is 0 Å². The van der Waals surface area contributed by atoms with Crippen molar-refractivity contribution in [3.8, 4) is 22.8 Å². The number of amides is 1. The van der Waals surface area contributed by atoms with Crippen LogP contribution in [-0.4, -0.2) is 29.6 Å². The standard InChI is InChI=1S/C18H17N3O3S/c1-3-24-15-5-4-13(10-16(15)23-2)17(22)21-18-20-14(11-25-18)12-6-8-19-9-7-12/h4-11H,3H2,1-2H3,(H,20,21,22). The van der Waals surface area contributed by atoms with E-state index in [1.807, 2.05) is 24.4 Å². The zero-order chi connectivity index (χ0) is 17.6. The quantitative estimate of drug-likeness (QED) is 0.727. The molecule has 0 bridgehead atoms. The van der Waals surface area contributed by atoms with E-state index >= 15 is 0 Å². The maximum Gasteiger partial charge on any atom is 0.257 e. The maximum absolute atomic E-state index is 12.4. The second kappa shape index (κ2) is 7.76. The number of aromatic nitrogens is 2. The highest BCUT2D eigenvalue weighted by atomic mass is 32.1. The van der Waals surface area contributed by atoms with Crippen molar-refractivity contribution < 1.29 is 14.3 Å². The van der Waals surface area contributed by atoms with Crippen LogP contribution in [0.25, 0.3) is 11.3 Å². The molecule has 25 heavy (non-hydrogen) atoms. The molecule has 0 saturated carbocycles. The van der Waals surface area contributed by atoms with Crippen LogP contribution in [-0.2, 0) is 0 Å². The Hall–Kier alpha value is -2.93. The summed E-state index contributed by atoms with van der Waals surface area (Å²) in [5.41, 5.74) is 2.22. The van der Waals surface area contributed by atoms with E-state index in [9.17, 15) is 4.79 Å². The molecule has 2 aromatic heterocycles. The van der Waals surface area contributed by atoms with Crippen molar-refractivity contribution >= 4 is 22.4 Å². The first-order valence-corrected chi connectivity index (χ1v) is 8.57. The summed E-state index contributed by atoms with van der Waals surface area (Å²) in [5, 5.41) is 5.23. The fourth-order valence-corrected chi connectivity index (χ4v) is 2.95. The number of methoxy groups -OCH3 is 1. The van der Waals surface area contributed by atoms with E-state index in [2.05, 4.69) is 15.3 Å². The summed E-state index contributed by atoms with van der Waals surface area (Å²) in [6.45, 7) is 2.42. The first-order valence-electron chi connectivity index (χ1n) is 7.69. The van der Waals surface area contributed by atoms with Crippen LogP contribution in [0.5, 0.6) is 11.5 Å². The molecule has 128 valence electrons. The molecule has 3 rings (SSSR count). The molecule has 1 N–H and O–H groups in total. The van der Waals surface area contributed by atoms with Gasteiger partial charge in [0.2, 0.25) is 0 Å². The first kappa shape index (κ1) is 16.9. The van der Waals surface area contributed by atoms with Gasteiger partial charge in [-0.3, -0.25) is 15.1 Å². The third kappa shape index (κ3) is 3.95. The fraction of sp³-hybridized carbons (Fsp3) is 0.167. The van der Waals surface area contributed by atoms with E-state index in [4.69, 9.17) is 9.47 Å². The van der Waals surface area contributed by atoms with Crippen molar-refractivity contribution in [1.29, 1.82) is 0 Å². The van der Waals surface area contributed by atoms with Gasteiger partial charge < -0.3 is 9.47 Å². The molecular formula is C18H17N3O3S. The summed E-state index contributed by atoms with van der Waals surface area (Å²) >= 11 is 1.37. The van der Waals surface area contributed by atoms with Crippen LogP contribution >= 0.6 is 11.3 Å². The van der Waals surface area contributed by atoms with Gasteiger partial charge in [0.1, 0.15) is 0 Å². The number of benzene rings is 1. The number of nitrogens with zero attached hydrogens (tertiary/aromatic N) is 2. The van der Waals surface area contributed by atoms with Gasteiger partial charge in [0.05, 0.1) is 19.4 Å². The number of hydrogen-bond donors (Lipinski definition) is 1. The number of thiazole rings is 1. The van der Waals surface area contributed by atoms with Gasteiger partial charge in [-0.1, -0.05) is 0 Å². The number of nitrogens with one attached hydrogen (secondary N) is 1. The van der Waals surface area contributed by atoms with Gasteiger partial charge in [0, 0.05) is 28.9 Å². The number of pyridine rings is 1. The van der Waals surface area contributed by atoms with E-state index < -0.39 is 0 Å². The molecule has 0 aliphatic carbocycles. The Labute approximate surface area is 149 Å². The highest BCUT2D eigenvalue weighted by Crippen LogP contribution is 2.29. The Morgan fingerprint density at radius 2 is 2.00 bits per heavy atom. The van der Waals surface area contributed by atoms with Gasteiger partial charge in [0.25, 0.3) is 5.91 Å². The zero-order valence-electron chi connectivity index (χ0n) is 13.9. The molecule has 0 radical (unpaired) electrons. The first-order chi connectivity index (χ1) is 12.2. The molecule has 0 fully saturated rings. The van der Waals surface area contributed by atoms with Crippen LogP contribution in [0.15, 0.2) is 48.1 Å². The van der Waals surface area contributed by atoms with Crippen LogP contribution < -0.4 is 14.8 Å². The minimum atomic E-state index is -0.253. The van der Waals surface area contributed by atoms with E-state index in [0.29, 0.717) is 28.8 Å². The van der Waals surface area contributed by atoms with Gasteiger partial charge in [-0.25, -0.2) is 4.98 Å². The molecule has 0 aliphatic rings. The maximum atomic E-state index is 12.4. The summed E-state index contributed by atoms with van der Waals surface area (Å²) < 4.78 is 10.7. The monoisotopic (exact) mass is 355 g/mol. The Balaban J connectivity index is 1.75. The average molecular weight is 355 g/mol. The predicted octanol–water partition coefficient (Wildman–Crippen LogP) is 3.86. The Morgan fingerprint density at radius 1 is 1.20 bits per heavy atom. The normalized spacial score (nSPS) is 10.3. The van der Waals surface area contributed by atoms with Crippen LogP contribution in [0, 0.1) is 0 Å². The van der Waals surface area contributed by atoms with Crippen molar-refractivity contribution in [3.05, 3.63) is 53.7 Å². The molecule has 3 aromatic rings. The molecule has 0 unspecified atom stereocenters. The average Bonchev–Trinajstić information content (AvgIpc) is 3.11. The molecule has 0 spiro atoms. The predicted molar refractivity (Wildman–Crippen MR) is 97.5 cm³/mol. The molecule has 2 heterocycles. The summed E-state index contributed by atoms with van der Waals surface area (Å²) in [7, 11) is 1.54. The molecule has 7 heteroatoms. The topological polar surface area (TPSA) is 73.3 Å². The highest BCUT2D eigenvalue weighted by molar-refractivity contribution is 7.14. The summed E-state index contributed by atoms with van der Waals surface area (Å²) in [6, 6.07) is 8.81. The van der Waals surface area contributed by atoms with Gasteiger partial charge in [-0.2, -0.15) is 0 Å². The Morgan fingerprint density at radius 3 is 2.72 bits per heavy atom. The van der Waals surface area contributed by atoms with Crippen LogP contribution in [0.4, 0.5) is 5.13 Å². The fourth-order valence-electron chi connectivity index (χ4n) is 2.24. The van der Waals surface area contributed by atoms with E-state index in [1.54, 1.807) is 37.7 Å². The Kier molecular flexibility index (Phi) is 5.25. The lowest BCUT2D eigenvalue weighted by Gasteiger charge is -2.10. The lowest BCUT2D eigenvalue weighted by molar-refractivity contribution is 0.102. The molecular weight excluding hydrogens is 338 g/mol. The van der Waals surface area contributed by atoms with Crippen molar-refractivity contribution in [3.63, 3.8) is 0 Å². The van der Waals surface area contributed by atoms with E-state index in [1.165, 1.54) is 11.3 Å². The van der Waals surface area contributed by atoms with Crippen molar-refractivity contribution in [2.45, 2.75) is 6.92 Å². The molecule has 1 aromatic carbocycles. The second-order valence-electron chi connectivity index (χ2n) is 5.03. The molecule has 6 nitrogen and oxygen atoms in total. The Bertz CT molecular complexity index is 865. The third-order valence-corrected chi connectivity index (χ3v) is 4.18. The van der Waals surface area contributed by atoms with Crippen molar-refractivity contribution in [2.75, 3.05) is 19.0 Å². The number of hydrogen-bond acceptors (Lipinski definition) is 6. The highest BCUT2D eigenvalue weighted by Gasteiger charge is 2.13. The van der Waals surface area contributed by atoms with E-state index in [-0.39, 0.29) is 5.91 Å². The number of carbonyl (C=O) groups excluding carboxylic acids is 1. The zero-order valence-corrected chi connectivity index (χ0v) is 14.7. The largest absolute Gasteiger partial charge is 0.493 e. The summed E-state index contributed by atoms with van der Waals surface area (Å²) in [6.07, 6.45) is 3.41. The number of rotatable bonds is 6. The number of ether oxygens (including phenoxy) is 2. The molecule has 0 saturated heterocycles. The lowest BCUT2D eigenvalue weighted by Crippen LogP contribution is -2.12. The van der Waals surface area contributed by atoms with Crippen molar-refractivity contribution in [1.82, 2.24) is 9.97 Å². The third-order valence-electron chi connectivity index (χ3n) is 3.43. The van der Waals surface area contributed by atoms with E-state index in [0.717, 1.165) is 11.3 Å². The molecule has 1 amide bonds. The van der Waals surface area contributed by atoms with Crippen LogP contribution in [0.2, 0.25) is 0 Å². The minimum absolute atomic E-state index is 0.253. The van der Waals surface area contributed by atoms with Gasteiger partial charge in [-0.05, 0) is 37.3 Å². The van der Waals surface area contributed by atoms with Gasteiger partial charge >= 0.3 is 0 Å². The van der Waals surface area contributed by atoms with Crippen LogP contribution in [0.1, 0.15) is 17.3 Å². The summed E-state index contributed by atoms with van der Waals surface area (Å²) in [4.78, 5) is 20.9. The smallest absolute Gasteiger partial charge is 0.257 e.